The van der Waals surface area contributed by atoms with Crippen LogP contribution in [-0.4, -0.2) is 5.97 Å². The van der Waals surface area contributed by atoms with Gasteiger partial charge in [0.05, 0.1) is 11.0 Å². The zero-order chi connectivity index (χ0) is 21.4. The third kappa shape index (κ3) is 4.93. The number of ether oxygens (including phenoxy) is 1. The number of hydrogen-bond acceptors (Lipinski definition) is 3. The summed E-state index contributed by atoms with van der Waals surface area (Å²) in [4.78, 5) is 13.5. The SMILES string of the molecule is CCCCc1ccc(C2(C(=O)Oc3ccc(CCC)cc3C#N)CCCCC2)cc1. The number of aryl methyl sites for hydroxylation is 2. The molecule has 0 heterocycles. The summed E-state index contributed by atoms with van der Waals surface area (Å²) in [7, 11) is 0. The fraction of sp³-hybridized carbons (Fsp3) is 0.481. The lowest BCUT2D eigenvalue weighted by Crippen LogP contribution is -2.41. The van der Waals surface area contributed by atoms with Gasteiger partial charge >= 0.3 is 5.97 Å². The van der Waals surface area contributed by atoms with E-state index in [4.69, 9.17) is 4.74 Å². The van der Waals surface area contributed by atoms with Gasteiger partial charge in [0.15, 0.2) is 0 Å². The summed E-state index contributed by atoms with van der Waals surface area (Å²) in [5, 5.41) is 9.58. The molecule has 0 N–H and O–H groups in total. The summed E-state index contributed by atoms with van der Waals surface area (Å²) in [6, 6.07) is 16.4. The molecule has 1 aliphatic carbocycles. The zero-order valence-electron chi connectivity index (χ0n) is 18.4. The first-order chi connectivity index (χ1) is 14.6. The van der Waals surface area contributed by atoms with Crippen LogP contribution < -0.4 is 4.74 Å². The lowest BCUT2D eigenvalue weighted by Gasteiger charge is -2.35. The van der Waals surface area contributed by atoms with Crippen molar-refractivity contribution >= 4 is 5.97 Å². The molecule has 0 unspecified atom stereocenters. The van der Waals surface area contributed by atoms with Crippen LogP contribution in [0.4, 0.5) is 0 Å². The number of nitriles is 1. The van der Waals surface area contributed by atoms with Crippen LogP contribution in [0, 0.1) is 11.3 Å². The number of nitrogens with zero attached hydrogens (tertiary/aromatic N) is 1. The zero-order valence-corrected chi connectivity index (χ0v) is 18.4. The van der Waals surface area contributed by atoms with E-state index >= 15 is 0 Å². The fourth-order valence-corrected chi connectivity index (χ4v) is 4.53. The Balaban J connectivity index is 1.87. The Labute approximate surface area is 181 Å². The maximum absolute atomic E-state index is 13.5. The minimum absolute atomic E-state index is 0.219. The molecule has 0 saturated heterocycles. The van der Waals surface area contributed by atoms with E-state index in [2.05, 4.69) is 44.2 Å². The Morgan fingerprint density at radius 1 is 0.967 bits per heavy atom. The number of carbonyl (C=O) groups excluding carboxylic acids is 1. The van der Waals surface area contributed by atoms with Crippen molar-refractivity contribution in [3.8, 4) is 11.8 Å². The van der Waals surface area contributed by atoms with Gasteiger partial charge in [-0.15, -0.1) is 0 Å². The van der Waals surface area contributed by atoms with Crippen molar-refractivity contribution < 1.29 is 9.53 Å². The largest absolute Gasteiger partial charge is 0.424 e. The van der Waals surface area contributed by atoms with Crippen molar-refractivity contribution in [1.82, 2.24) is 0 Å². The van der Waals surface area contributed by atoms with Crippen LogP contribution in [0.5, 0.6) is 5.75 Å². The van der Waals surface area contributed by atoms with Crippen LogP contribution in [0.3, 0.4) is 0 Å². The van der Waals surface area contributed by atoms with Crippen molar-refractivity contribution in [2.45, 2.75) is 83.5 Å². The normalized spacial score (nSPS) is 15.4. The molecule has 1 saturated carbocycles. The highest BCUT2D eigenvalue weighted by molar-refractivity contribution is 5.85. The molecule has 3 nitrogen and oxygen atoms in total. The highest BCUT2D eigenvalue weighted by Crippen LogP contribution is 2.41. The van der Waals surface area contributed by atoms with E-state index < -0.39 is 5.41 Å². The minimum Gasteiger partial charge on any atom is -0.424 e. The first-order valence-electron chi connectivity index (χ1n) is 11.5. The third-order valence-electron chi connectivity index (χ3n) is 6.33. The Bertz CT molecular complexity index is 886. The van der Waals surface area contributed by atoms with Gasteiger partial charge in [0.1, 0.15) is 11.8 Å². The molecule has 0 amide bonds. The first-order valence-corrected chi connectivity index (χ1v) is 11.5. The summed E-state index contributed by atoms with van der Waals surface area (Å²) in [6.07, 6.45) is 10.2. The standard InChI is InChI=1S/C27H33NO2/c1-3-5-10-21-11-14-24(15-12-21)27(17-7-6-8-18-27)26(29)30-25-16-13-22(9-4-2)19-23(25)20-28/h11-16,19H,3-10,17-18H2,1-2H3. The lowest BCUT2D eigenvalue weighted by molar-refractivity contribution is -0.142. The van der Waals surface area contributed by atoms with Crippen molar-refractivity contribution in [3.63, 3.8) is 0 Å². The van der Waals surface area contributed by atoms with E-state index in [9.17, 15) is 10.1 Å². The van der Waals surface area contributed by atoms with Crippen molar-refractivity contribution in [3.05, 3.63) is 64.7 Å². The number of benzene rings is 2. The number of esters is 1. The van der Waals surface area contributed by atoms with E-state index in [1.807, 2.05) is 12.1 Å². The van der Waals surface area contributed by atoms with E-state index in [-0.39, 0.29) is 5.97 Å². The predicted octanol–water partition coefficient (Wildman–Crippen LogP) is 6.66. The molecule has 2 aromatic carbocycles. The van der Waals surface area contributed by atoms with Crippen LogP contribution in [0.2, 0.25) is 0 Å². The van der Waals surface area contributed by atoms with E-state index in [1.54, 1.807) is 6.07 Å². The maximum Gasteiger partial charge on any atom is 0.321 e. The molecule has 0 spiro atoms. The first kappa shape index (κ1) is 22.1. The summed E-state index contributed by atoms with van der Waals surface area (Å²) in [5.74, 6) is 0.162. The van der Waals surface area contributed by atoms with Crippen molar-refractivity contribution in [2.24, 2.45) is 0 Å². The summed E-state index contributed by atoms with van der Waals surface area (Å²) in [5.41, 5.74) is 3.29. The van der Waals surface area contributed by atoms with E-state index in [0.717, 1.165) is 62.5 Å². The van der Waals surface area contributed by atoms with Gasteiger partial charge in [-0.3, -0.25) is 4.79 Å². The summed E-state index contributed by atoms with van der Waals surface area (Å²) >= 11 is 0. The molecule has 30 heavy (non-hydrogen) atoms. The molecule has 0 bridgehead atoms. The van der Waals surface area contributed by atoms with E-state index in [1.165, 1.54) is 18.4 Å². The van der Waals surface area contributed by atoms with Gasteiger partial charge in [-0.05, 0) is 60.9 Å². The highest BCUT2D eigenvalue weighted by atomic mass is 16.5. The second kappa shape index (κ2) is 10.4. The Hall–Kier alpha value is -2.60. The average Bonchev–Trinajstić information content (AvgIpc) is 2.79. The number of unbranched alkanes of at least 4 members (excludes halogenated alkanes) is 1. The molecule has 1 fully saturated rings. The highest BCUT2D eigenvalue weighted by Gasteiger charge is 2.43. The molecule has 1 aliphatic rings. The van der Waals surface area contributed by atoms with Crippen LogP contribution in [0.25, 0.3) is 0 Å². The summed E-state index contributed by atoms with van der Waals surface area (Å²) in [6.45, 7) is 4.31. The molecule has 0 radical (unpaired) electrons. The third-order valence-corrected chi connectivity index (χ3v) is 6.33. The molecular weight excluding hydrogens is 370 g/mol. The molecule has 0 atom stereocenters. The molecular formula is C27H33NO2. The molecule has 158 valence electrons. The van der Waals surface area contributed by atoms with Gasteiger partial charge in [-0.2, -0.15) is 5.26 Å². The monoisotopic (exact) mass is 403 g/mol. The van der Waals surface area contributed by atoms with Gasteiger partial charge in [-0.25, -0.2) is 0 Å². The quantitative estimate of drug-likeness (QED) is 0.366. The van der Waals surface area contributed by atoms with Crippen LogP contribution in [-0.2, 0) is 23.1 Å². The Morgan fingerprint density at radius 2 is 1.67 bits per heavy atom. The number of carbonyl (C=O) groups is 1. The number of hydrogen-bond donors (Lipinski definition) is 0. The summed E-state index contributed by atoms with van der Waals surface area (Å²) < 4.78 is 5.90. The van der Waals surface area contributed by atoms with E-state index in [0.29, 0.717) is 11.3 Å². The molecule has 0 aliphatic heterocycles. The molecule has 0 aromatic heterocycles. The Kier molecular flexibility index (Phi) is 7.69. The predicted molar refractivity (Wildman–Crippen MR) is 121 cm³/mol. The van der Waals surface area contributed by atoms with Gasteiger partial charge in [0.25, 0.3) is 0 Å². The second-order valence-electron chi connectivity index (χ2n) is 8.53. The van der Waals surface area contributed by atoms with Crippen molar-refractivity contribution in [2.75, 3.05) is 0 Å². The van der Waals surface area contributed by atoms with Gasteiger partial charge in [0.2, 0.25) is 0 Å². The van der Waals surface area contributed by atoms with Gasteiger partial charge in [-0.1, -0.05) is 76.3 Å². The average molecular weight is 404 g/mol. The fourth-order valence-electron chi connectivity index (χ4n) is 4.53. The smallest absolute Gasteiger partial charge is 0.321 e. The van der Waals surface area contributed by atoms with Crippen molar-refractivity contribution in [1.29, 1.82) is 5.26 Å². The Morgan fingerprint density at radius 3 is 2.30 bits per heavy atom. The van der Waals surface area contributed by atoms with Crippen LogP contribution >= 0.6 is 0 Å². The maximum atomic E-state index is 13.5. The molecule has 3 heteroatoms. The second-order valence-corrected chi connectivity index (χ2v) is 8.53. The van der Waals surface area contributed by atoms with Crippen LogP contribution in [0.15, 0.2) is 42.5 Å². The lowest BCUT2D eigenvalue weighted by atomic mass is 9.69. The molecule has 3 rings (SSSR count). The number of rotatable bonds is 8. The minimum atomic E-state index is -0.615. The topological polar surface area (TPSA) is 50.1 Å². The van der Waals surface area contributed by atoms with Gasteiger partial charge < -0.3 is 4.74 Å². The van der Waals surface area contributed by atoms with Crippen LogP contribution in [0.1, 0.15) is 87.5 Å². The van der Waals surface area contributed by atoms with Gasteiger partial charge in [0, 0.05) is 0 Å². The molecule has 2 aromatic rings.